The molecule has 0 radical (unpaired) electrons. The summed E-state index contributed by atoms with van der Waals surface area (Å²) < 4.78 is 12.2. The molecule has 1 aromatic heterocycles. The zero-order valence-electron chi connectivity index (χ0n) is 14.7. The Labute approximate surface area is 171 Å². The van der Waals surface area contributed by atoms with E-state index in [1.807, 2.05) is 36.4 Å². The van der Waals surface area contributed by atoms with E-state index in [0.717, 1.165) is 52.2 Å². The van der Waals surface area contributed by atoms with Gasteiger partial charge in [-0.1, -0.05) is 30.0 Å². The third kappa shape index (κ3) is 4.83. The van der Waals surface area contributed by atoms with Gasteiger partial charge in [-0.2, -0.15) is 0 Å². The molecule has 27 heavy (non-hydrogen) atoms. The summed E-state index contributed by atoms with van der Waals surface area (Å²) in [4.78, 5) is 7.99. The van der Waals surface area contributed by atoms with E-state index in [-0.39, 0.29) is 0 Å². The van der Waals surface area contributed by atoms with Crippen molar-refractivity contribution in [3.05, 3.63) is 70.9 Å². The van der Waals surface area contributed by atoms with Crippen molar-refractivity contribution in [1.29, 1.82) is 0 Å². The van der Waals surface area contributed by atoms with E-state index in [4.69, 9.17) is 9.15 Å². The van der Waals surface area contributed by atoms with Crippen LogP contribution in [0.15, 0.2) is 84.5 Å². The van der Waals surface area contributed by atoms with Crippen LogP contribution in [0.2, 0.25) is 0 Å². The Bertz CT molecular complexity index is 904. The fraction of sp³-hybridized carbons (Fsp3) is 0.190. The summed E-state index contributed by atoms with van der Waals surface area (Å²) in [5, 5.41) is 0.824. The zero-order chi connectivity index (χ0) is 18.5. The van der Waals surface area contributed by atoms with E-state index in [0.29, 0.717) is 0 Å². The predicted octanol–water partition coefficient (Wildman–Crippen LogP) is 5.78. The van der Waals surface area contributed by atoms with Crippen molar-refractivity contribution >= 4 is 45.3 Å². The van der Waals surface area contributed by atoms with E-state index in [1.165, 1.54) is 5.69 Å². The standard InChI is InChI=1S/C21H19BrN2O2S/c22-20-14-18(26-21(20)27-19-4-2-1-3-5-19)15-23-16-6-8-17(9-7-16)24-10-12-25-13-11-24/h1-9,14-15H,10-13H2. The first-order chi connectivity index (χ1) is 13.3. The highest BCUT2D eigenvalue weighted by Gasteiger charge is 2.11. The Morgan fingerprint density at radius 1 is 1.00 bits per heavy atom. The van der Waals surface area contributed by atoms with Crippen LogP contribution in [0.3, 0.4) is 0 Å². The van der Waals surface area contributed by atoms with Gasteiger partial charge in [-0.3, -0.25) is 4.99 Å². The molecule has 0 N–H and O–H groups in total. The number of rotatable bonds is 5. The fourth-order valence-electron chi connectivity index (χ4n) is 2.81. The normalized spacial score (nSPS) is 14.8. The van der Waals surface area contributed by atoms with Gasteiger partial charge in [0.05, 0.1) is 29.6 Å². The van der Waals surface area contributed by atoms with Gasteiger partial charge in [-0.05, 0) is 52.3 Å². The average Bonchev–Trinajstić information content (AvgIpc) is 3.07. The van der Waals surface area contributed by atoms with Gasteiger partial charge in [0, 0.05) is 29.7 Å². The number of morpholine rings is 1. The summed E-state index contributed by atoms with van der Waals surface area (Å²) in [5.41, 5.74) is 2.11. The van der Waals surface area contributed by atoms with Crippen molar-refractivity contribution in [2.75, 3.05) is 31.2 Å². The Hall–Kier alpha value is -2.02. The maximum Gasteiger partial charge on any atom is 0.179 e. The topological polar surface area (TPSA) is 38.0 Å². The second kappa shape index (κ2) is 8.78. The highest BCUT2D eigenvalue weighted by atomic mass is 79.9. The summed E-state index contributed by atoms with van der Waals surface area (Å²) in [7, 11) is 0. The molecular formula is C21H19BrN2O2S. The first kappa shape index (κ1) is 18.3. The minimum Gasteiger partial charge on any atom is -0.447 e. The monoisotopic (exact) mass is 442 g/mol. The lowest BCUT2D eigenvalue weighted by Gasteiger charge is -2.28. The first-order valence-corrected chi connectivity index (χ1v) is 10.4. The molecule has 4 nitrogen and oxygen atoms in total. The largest absolute Gasteiger partial charge is 0.447 e. The van der Waals surface area contributed by atoms with Crippen LogP contribution in [-0.4, -0.2) is 32.5 Å². The number of halogens is 1. The van der Waals surface area contributed by atoms with Crippen molar-refractivity contribution < 1.29 is 9.15 Å². The number of furan rings is 1. The lowest BCUT2D eigenvalue weighted by atomic mass is 10.2. The van der Waals surface area contributed by atoms with Crippen LogP contribution in [0.4, 0.5) is 11.4 Å². The minimum absolute atomic E-state index is 0.720. The fourth-order valence-corrected chi connectivity index (χ4v) is 4.16. The van der Waals surface area contributed by atoms with Gasteiger partial charge in [0.2, 0.25) is 0 Å². The van der Waals surface area contributed by atoms with Crippen LogP contribution in [0.5, 0.6) is 0 Å². The number of benzene rings is 2. The number of nitrogens with zero attached hydrogens (tertiary/aromatic N) is 2. The zero-order valence-corrected chi connectivity index (χ0v) is 17.1. The van der Waals surface area contributed by atoms with E-state index < -0.39 is 0 Å². The molecule has 0 amide bonds. The van der Waals surface area contributed by atoms with Gasteiger partial charge in [0.25, 0.3) is 0 Å². The maximum atomic E-state index is 5.90. The molecule has 4 rings (SSSR count). The van der Waals surface area contributed by atoms with Gasteiger partial charge < -0.3 is 14.1 Å². The molecule has 3 aromatic rings. The van der Waals surface area contributed by atoms with Crippen molar-refractivity contribution in [1.82, 2.24) is 0 Å². The summed E-state index contributed by atoms with van der Waals surface area (Å²) >= 11 is 5.15. The van der Waals surface area contributed by atoms with Crippen LogP contribution in [0.1, 0.15) is 5.76 Å². The molecule has 0 aliphatic carbocycles. The summed E-state index contributed by atoms with van der Waals surface area (Å²) in [6.07, 6.45) is 1.75. The molecule has 0 saturated carbocycles. The molecular weight excluding hydrogens is 424 g/mol. The second-order valence-corrected chi connectivity index (χ2v) is 7.97. The highest BCUT2D eigenvalue weighted by molar-refractivity contribution is 9.10. The summed E-state index contributed by atoms with van der Waals surface area (Å²) in [6.45, 7) is 3.45. The van der Waals surface area contributed by atoms with Crippen molar-refractivity contribution in [2.45, 2.75) is 9.99 Å². The molecule has 2 aromatic carbocycles. The van der Waals surface area contributed by atoms with E-state index in [9.17, 15) is 0 Å². The van der Waals surface area contributed by atoms with Crippen LogP contribution in [0, 0.1) is 0 Å². The Morgan fingerprint density at radius 3 is 2.48 bits per heavy atom. The molecule has 1 fully saturated rings. The molecule has 0 unspecified atom stereocenters. The second-order valence-electron chi connectivity index (χ2n) is 6.07. The lowest BCUT2D eigenvalue weighted by Crippen LogP contribution is -2.36. The maximum absolute atomic E-state index is 5.90. The van der Waals surface area contributed by atoms with Crippen LogP contribution in [0.25, 0.3) is 0 Å². The van der Waals surface area contributed by atoms with Crippen LogP contribution >= 0.6 is 27.7 Å². The summed E-state index contributed by atoms with van der Waals surface area (Å²) in [6, 6.07) is 20.4. The molecule has 1 aliphatic rings. The Balaban J connectivity index is 1.42. The van der Waals surface area contributed by atoms with E-state index in [1.54, 1.807) is 18.0 Å². The van der Waals surface area contributed by atoms with Crippen molar-refractivity contribution in [3.8, 4) is 0 Å². The molecule has 2 heterocycles. The molecule has 0 spiro atoms. The SMILES string of the molecule is Brc1cc(C=Nc2ccc(N3CCOCC3)cc2)oc1Sc1ccccc1. The van der Waals surface area contributed by atoms with Gasteiger partial charge in [-0.15, -0.1) is 0 Å². The number of hydrogen-bond acceptors (Lipinski definition) is 5. The third-order valence-electron chi connectivity index (χ3n) is 4.20. The minimum atomic E-state index is 0.720. The quantitative estimate of drug-likeness (QED) is 0.469. The molecule has 0 bridgehead atoms. The smallest absolute Gasteiger partial charge is 0.179 e. The van der Waals surface area contributed by atoms with Crippen LogP contribution < -0.4 is 4.90 Å². The Morgan fingerprint density at radius 2 is 1.74 bits per heavy atom. The van der Waals surface area contributed by atoms with Crippen molar-refractivity contribution in [3.63, 3.8) is 0 Å². The highest BCUT2D eigenvalue weighted by Crippen LogP contribution is 2.35. The molecule has 0 atom stereocenters. The first-order valence-electron chi connectivity index (χ1n) is 8.77. The third-order valence-corrected chi connectivity index (χ3v) is 6.04. The van der Waals surface area contributed by atoms with E-state index in [2.05, 4.69) is 50.1 Å². The van der Waals surface area contributed by atoms with Crippen LogP contribution in [-0.2, 0) is 4.74 Å². The van der Waals surface area contributed by atoms with Gasteiger partial charge in [0.1, 0.15) is 5.76 Å². The number of aliphatic imine (C=N–C) groups is 1. The van der Waals surface area contributed by atoms with E-state index >= 15 is 0 Å². The molecule has 138 valence electrons. The molecule has 1 saturated heterocycles. The number of ether oxygens (including phenoxy) is 1. The van der Waals surface area contributed by atoms with Gasteiger partial charge in [-0.25, -0.2) is 0 Å². The average molecular weight is 443 g/mol. The lowest BCUT2D eigenvalue weighted by molar-refractivity contribution is 0.122. The Kier molecular flexibility index (Phi) is 5.97. The number of hydrogen-bond donors (Lipinski definition) is 0. The number of anilines is 1. The van der Waals surface area contributed by atoms with Gasteiger partial charge in [0.15, 0.2) is 5.09 Å². The predicted molar refractivity (Wildman–Crippen MR) is 114 cm³/mol. The molecule has 1 aliphatic heterocycles. The summed E-state index contributed by atoms with van der Waals surface area (Å²) in [5.74, 6) is 0.720. The van der Waals surface area contributed by atoms with Gasteiger partial charge >= 0.3 is 0 Å². The van der Waals surface area contributed by atoms with Crippen molar-refractivity contribution in [2.24, 2.45) is 4.99 Å². The molecule has 6 heteroatoms.